The van der Waals surface area contributed by atoms with Crippen LogP contribution in [0.2, 0.25) is 0 Å². The number of carboxylic acid groups (broad SMARTS) is 2. The zero-order chi connectivity index (χ0) is 20.6. The summed E-state index contributed by atoms with van der Waals surface area (Å²) in [6.45, 7) is 0.915. The molecule has 0 radical (unpaired) electrons. The van der Waals surface area contributed by atoms with Gasteiger partial charge in [0.05, 0.1) is 37.5 Å². The van der Waals surface area contributed by atoms with Crippen LogP contribution in [0.4, 0.5) is 4.79 Å². The van der Waals surface area contributed by atoms with Crippen molar-refractivity contribution in [3.05, 3.63) is 11.9 Å². The van der Waals surface area contributed by atoms with E-state index in [-0.39, 0.29) is 26.0 Å². The van der Waals surface area contributed by atoms with Gasteiger partial charge >= 0.3 is 18.0 Å². The highest BCUT2D eigenvalue weighted by Crippen LogP contribution is 2.07. The van der Waals surface area contributed by atoms with Crippen molar-refractivity contribution in [3.8, 4) is 0 Å². The topological polar surface area (TPSA) is 213 Å². The Kier molecular flexibility index (Phi) is 8.58. The lowest BCUT2D eigenvalue weighted by molar-refractivity contribution is -0.141. The lowest BCUT2D eigenvalue weighted by Crippen LogP contribution is -2.53. The highest BCUT2D eigenvalue weighted by Gasteiger charge is 2.26. The molecule has 0 bridgehead atoms. The molecule has 1 rings (SSSR count). The number of urea groups is 1. The number of aromatic nitrogens is 3. The molecule has 1 unspecified atom stereocenters. The zero-order valence-corrected chi connectivity index (χ0v) is 14.6. The van der Waals surface area contributed by atoms with Gasteiger partial charge in [0.2, 0.25) is 0 Å². The number of carboxylic acids is 2. The Morgan fingerprint density at radius 2 is 1.96 bits per heavy atom. The molecule has 0 aromatic carbocycles. The molecule has 0 fully saturated rings. The van der Waals surface area contributed by atoms with Crippen LogP contribution in [-0.2, 0) is 16.1 Å². The molecule has 0 saturated carbocycles. The van der Waals surface area contributed by atoms with Crippen LogP contribution in [0.1, 0.15) is 31.5 Å². The molecule has 0 saturated heterocycles. The maximum Gasteiger partial charge on any atom is 0.328 e. The number of aliphatic hydroxyl groups is 2. The van der Waals surface area contributed by atoms with Crippen molar-refractivity contribution in [1.82, 2.24) is 25.6 Å². The molecule has 0 aliphatic heterocycles. The highest BCUT2D eigenvalue weighted by molar-refractivity contribution is 5.83. The number of amides is 2. The summed E-state index contributed by atoms with van der Waals surface area (Å²) in [5, 5.41) is 48.4. The number of carbonyl (C=O) groups is 3. The van der Waals surface area contributed by atoms with E-state index < -0.39 is 42.2 Å². The summed E-state index contributed by atoms with van der Waals surface area (Å²) in [6, 6.07) is -3.85. The summed E-state index contributed by atoms with van der Waals surface area (Å²) in [7, 11) is 0. The molecule has 1 aromatic rings. The van der Waals surface area contributed by atoms with E-state index in [1.54, 1.807) is 0 Å². The third-order valence-corrected chi connectivity index (χ3v) is 3.62. The second-order valence-electron chi connectivity index (χ2n) is 5.96. The average Bonchev–Trinajstić information content (AvgIpc) is 3.04. The van der Waals surface area contributed by atoms with E-state index in [0.717, 1.165) is 0 Å². The molecule has 0 spiro atoms. The number of aliphatic hydroxyl groups excluding tert-OH is 2. The van der Waals surface area contributed by atoms with Crippen molar-refractivity contribution < 1.29 is 34.8 Å². The highest BCUT2D eigenvalue weighted by atomic mass is 16.4. The van der Waals surface area contributed by atoms with Gasteiger partial charge in [0.25, 0.3) is 0 Å². The predicted octanol–water partition coefficient (Wildman–Crippen LogP) is -2.36. The minimum atomic E-state index is -1.52. The molecular formula is C14H24N6O7. The average molecular weight is 388 g/mol. The van der Waals surface area contributed by atoms with Gasteiger partial charge in [-0.2, -0.15) is 0 Å². The van der Waals surface area contributed by atoms with Crippen molar-refractivity contribution in [1.29, 1.82) is 0 Å². The molecule has 1 heterocycles. The van der Waals surface area contributed by atoms with E-state index >= 15 is 0 Å². The quantitative estimate of drug-likeness (QED) is 0.214. The summed E-state index contributed by atoms with van der Waals surface area (Å²) in [5.41, 5.74) is 5.94. The molecule has 4 atom stereocenters. The molecule has 27 heavy (non-hydrogen) atoms. The van der Waals surface area contributed by atoms with Gasteiger partial charge in [-0.15, -0.1) is 5.10 Å². The third-order valence-electron chi connectivity index (χ3n) is 3.62. The molecular weight excluding hydrogens is 364 g/mol. The molecule has 1 aromatic heterocycles. The first-order chi connectivity index (χ1) is 12.6. The summed E-state index contributed by atoms with van der Waals surface area (Å²) < 4.78 is 1.32. The number of nitrogens with two attached hydrogens (primary N) is 1. The second kappa shape index (κ2) is 10.4. The smallest absolute Gasteiger partial charge is 0.328 e. The van der Waals surface area contributed by atoms with Gasteiger partial charge < -0.3 is 36.8 Å². The fourth-order valence-corrected chi connectivity index (χ4v) is 2.16. The fourth-order valence-electron chi connectivity index (χ4n) is 2.16. The lowest BCUT2D eigenvalue weighted by atomic mass is 10.1. The monoisotopic (exact) mass is 388 g/mol. The van der Waals surface area contributed by atoms with E-state index in [1.807, 2.05) is 0 Å². The number of nitrogens with one attached hydrogen (secondary N) is 2. The fraction of sp³-hybridized carbons (Fsp3) is 0.643. The normalized spacial score (nSPS) is 15.4. The molecule has 0 aliphatic carbocycles. The van der Waals surface area contributed by atoms with Crippen LogP contribution in [0, 0.1) is 0 Å². The third kappa shape index (κ3) is 7.55. The van der Waals surface area contributed by atoms with Gasteiger partial charge in [0, 0.05) is 6.42 Å². The standard InChI is InChI=1S/C14H24N6O7/c1-7(22)12(13(25)26)17-14(27)16-8(2-3-11(23)24)4-20-5-10(18-19-20)9(15)6-21/h5,7-9,12,21-22H,2-4,6,15H2,1H3,(H,23,24)(H,25,26)(H2,16,17,27)/t7-,8?,9-,12-/m0/s1. The first-order valence-corrected chi connectivity index (χ1v) is 8.10. The SMILES string of the molecule is C[C@H](O)[C@H](NC(=O)NC(CCC(=O)O)Cn1cc([C@@H](N)CO)nn1)C(=O)O. The van der Waals surface area contributed by atoms with E-state index in [4.69, 9.17) is 21.1 Å². The number of hydrogen-bond acceptors (Lipinski definition) is 8. The van der Waals surface area contributed by atoms with Crippen LogP contribution < -0.4 is 16.4 Å². The minimum Gasteiger partial charge on any atom is -0.481 e. The molecule has 13 heteroatoms. The number of rotatable bonds is 11. The van der Waals surface area contributed by atoms with Crippen molar-refractivity contribution in [3.63, 3.8) is 0 Å². The Hall–Kier alpha value is -2.77. The molecule has 152 valence electrons. The number of nitrogens with zero attached hydrogens (tertiary/aromatic N) is 3. The Morgan fingerprint density at radius 3 is 2.48 bits per heavy atom. The van der Waals surface area contributed by atoms with Crippen molar-refractivity contribution in [2.45, 2.75) is 50.5 Å². The summed E-state index contributed by atoms with van der Waals surface area (Å²) in [4.78, 5) is 33.9. The van der Waals surface area contributed by atoms with E-state index in [2.05, 4.69) is 20.9 Å². The van der Waals surface area contributed by atoms with E-state index in [9.17, 15) is 19.5 Å². The van der Waals surface area contributed by atoms with Crippen LogP contribution in [0.15, 0.2) is 6.20 Å². The van der Waals surface area contributed by atoms with Crippen LogP contribution in [-0.4, -0.2) is 78.2 Å². The van der Waals surface area contributed by atoms with E-state index in [1.165, 1.54) is 17.8 Å². The van der Waals surface area contributed by atoms with Crippen molar-refractivity contribution in [2.75, 3.05) is 6.61 Å². The first-order valence-electron chi connectivity index (χ1n) is 8.10. The maximum absolute atomic E-state index is 12.0. The molecule has 2 amide bonds. The molecule has 13 nitrogen and oxygen atoms in total. The van der Waals surface area contributed by atoms with Gasteiger partial charge in [-0.3, -0.25) is 9.48 Å². The van der Waals surface area contributed by atoms with Crippen molar-refractivity contribution >= 4 is 18.0 Å². The Labute approximate surface area is 154 Å². The summed E-state index contributed by atoms with van der Waals surface area (Å²) >= 11 is 0. The van der Waals surface area contributed by atoms with E-state index in [0.29, 0.717) is 5.69 Å². The van der Waals surface area contributed by atoms with Crippen LogP contribution >= 0.6 is 0 Å². The van der Waals surface area contributed by atoms with Gasteiger partial charge in [-0.25, -0.2) is 9.59 Å². The maximum atomic E-state index is 12.0. The second-order valence-corrected chi connectivity index (χ2v) is 5.96. The van der Waals surface area contributed by atoms with Crippen LogP contribution in [0.3, 0.4) is 0 Å². The zero-order valence-electron chi connectivity index (χ0n) is 14.6. The van der Waals surface area contributed by atoms with Crippen molar-refractivity contribution in [2.24, 2.45) is 5.73 Å². The first kappa shape index (κ1) is 22.3. The predicted molar refractivity (Wildman–Crippen MR) is 89.5 cm³/mol. The number of aliphatic carboxylic acids is 2. The van der Waals surface area contributed by atoms with Gasteiger partial charge in [-0.1, -0.05) is 5.21 Å². The van der Waals surface area contributed by atoms with Gasteiger partial charge in [0.1, 0.15) is 5.69 Å². The van der Waals surface area contributed by atoms with Crippen LogP contribution in [0.25, 0.3) is 0 Å². The van der Waals surface area contributed by atoms with Crippen LogP contribution in [0.5, 0.6) is 0 Å². The largest absolute Gasteiger partial charge is 0.481 e. The number of hydrogen-bond donors (Lipinski definition) is 7. The molecule has 0 aliphatic rings. The summed E-state index contributed by atoms with van der Waals surface area (Å²) in [5.74, 6) is -2.49. The van der Waals surface area contributed by atoms with Gasteiger partial charge in [0.15, 0.2) is 6.04 Å². The summed E-state index contributed by atoms with van der Waals surface area (Å²) in [6.07, 6.45) is -0.0920. The minimum absolute atomic E-state index is 0.0381. The lowest BCUT2D eigenvalue weighted by Gasteiger charge is -2.21. The Bertz CT molecular complexity index is 650. The Morgan fingerprint density at radius 1 is 1.30 bits per heavy atom. The Balaban J connectivity index is 2.78. The molecule has 8 N–H and O–H groups in total. The number of carbonyl (C=O) groups excluding carboxylic acids is 1. The van der Waals surface area contributed by atoms with Gasteiger partial charge in [-0.05, 0) is 13.3 Å².